The van der Waals surface area contributed by atoms with Crippen LogP contribution in [-0.2, 0) is 0 Å². The summed E-state index contributed by atoms with van der Waals surface area (Å²) in [4.78, 5) is 14.7. The van der Waals surface area contributed by atoms with Gasteiger partial charge in [0.15, 0.2) is 0 Å². The van der Waals surface area contributed by atoms with E-state index in [1.165, 1.54) is 51.4 Å². The molecule has 1 aromatic carbocycles. The van der Waals surface area contributed by atoms with E-state index in [9.17, 15) is 4.79 Å². The van der Waals surface area contributed by atoms with Crippen molar-refractivity contribution in [2.75, 3.05) is 26.7 Å². The van der Waals surface area contributed by atoms with Crippen molar-refractivity contribution in [3.8, 4) is 11.5 Å². The molecular weight excluding hydrogens is 364 g/mol. The summed E-state index contributed by atoms with van der Waals surface area (Å²) in [6.07, 6.45) is 13.5. The number of ether oxygens (including phenoxy) is 2. The van der Waals surface area contributed by atoms with E-state index in [4.69, 9.17) is 9.47 Å². The number of piperidine rings is 1. The standard InChI is InChI=1S/C24H34N2O3/c1-19(26-15-7-4-8-16-26)11-12-21-13-14-22(28-2)17-23(21)29-24(27)25-18-20-9-5-3-6-10-20/h11-14,17,20H,1,3-10,15-16,18H2,2H3,(H,25,27)/b12-11+. The lowest BCUT2D eigenvalue weighted by atomic mass is 9.89. The van der Waals surface area contributed by atoms with Crippen LogP contribution in [0.3, 0.4) is 0 Å². The van der Waals surface area contributed by atoms with Gasteiger partial charge >= 0.3 is 6.09 Å². The molecule has 1 saturated heterocycles. The van der Waals surface area contributed by atoms with Crippen molar-refractivity contribution >= 4 is 12.2 Å². The topological polar surface area (TPSA) is 50.8 Å². The highest BCUT2D eigenvalue weighted by Crippen LogP contribution is 2.27. The summed E-state index contributed by atoms with van der Waals surface area (Å²) in [7, 11) is 1.61. The minimum Gasteiger partial charge on any atom is -0.497 e. The van der Waals surface area contributed by atoms with E-state index in [1.807, 2.05) is 24.3 Å². The highest BCUT2D eigenvalue weighted by molar-refractivity contribution is 5.73. The van der Waals surface area contributed by atoms with Gasteiger partial charge in [-0.25, -0.2) is 4.79 Å². The number of methoxy groups -OCH3 is 1. The normalized spacial score (nSPS) is 17.9. The number of likely N-dealkylation sites (tertiary alicyclic amines) is 1. The summed E-state index contributed by atoms with van der Waals surface area (Å²) < 4.78 is 10.9. The van der Waals surface area contributed by atoms with Gasteiger partial charge in [-0.15, -0.1) is 0 Å². The van der Waals surface area contributed by atoms with E-state index in [1.54, 1.807) is 13.2 Å². The van der Waals surface area contributed by atoms with Crippen molar-refractivity contribution in [2.24, 2.45) is 5.92 Å². The molecule has 0 aromatic heterocycles. The Morgan fingerprint density at radius 2 is 1.90 bits per heavy atom. The first-order chi connectivity index (χ1) is 14.2. The Morgan fingerprint density at radius 1 is 1.17 bits per heavy atom. The van der Waals surface area contributed by atoms with Crippen LogP contribution in [0.15, 0.2) is 36.6 Å². The predicted molar refractivity (Wildman–Crippen MR) is 117 cm³/mol. The fraction of sp³-hybridized carbons (Fsp3) is 0.542. The minimum atomic E-state index is -0.409. The van der Waals surface area contributed by atoms with Crippen LogP contribution in [0.5, 0.6) is 11.5 Å². The fourth-order valence-electron chi connectivity index (χ4n) is 4.10. The Hall–Kier alpha value is -2.43. The third-order valence-corrected chi connectivity index (χ3v) is 5.90. The van der Waals surface area contributed by atoms with E-state index in [0.717, 1.165) is 24.4 Å². The van der Waals surface area contributed by atoms with Gasteiger partial charge in [-0.2, -0.15) is 0 Å². The van der Waals surface area contributed by atoms with Gasteiger partial charge in [-0.1, -0.05) is 25.8 Å². The molecular formula is C24H34N2O3. The summed E-state index contributed by atoms with van der Waals surface area (Å²) in [5, 5.41) is 2.93. The Kier molecular flexibility index (Phi) is 8.03. The molecule has 1 aromatic rings. The molecule has 2 aliphatic rings. The largest absolute Gasteiger partial charge is 0.497 e. The lowest BCUT2D eigenvalue weighted by Gasteiger charge is -2.29. The second-order valence-corrected chi connectivity index (χ2v) is 8.05. The molecule has 0 atom stereocenters. The summed E-state index contributed by atoms with van der Waals surface area (Å²) in [5.74, 6) is 1.72. The van der Waals surface area contributed by atoms with Crippen LogP contribution >= 0.6 is 0 Å². The van der Waals surface area contributed by atoms with E-state index in [-0.39, 0.29) is 0 Å². The second-order valence-electron chi connectivity index (χ2n) is 8.05. The molecule has 3 rings (SSSR count). The van der Waals surface area contributed by atoms with E-state index < -0.39 is 6.09 Å². The molecule has 29 heavy (non-hydrogen) atoms. The number of carbonyl (C=O) groups is 1. The monoisotopic (exact) mass is 398 g/mol. The number of hydrogen-bond donors (Lipinski definition) is 1. The predicted octanol–water partition coefficient (Wildman–Crippen LogP) is 5.38. The average molecular weight is 399 g/mol. The summed E-state index contributed by atoms with van der Waals surface area (Å²) in [6, 6.07) is 5.53. The molecule has 0 unspecified atom stereocenters. The molecule has 1 saturated carbocycles. The van der Waals surface area contributed by atoms with Crippen LogP contribution in [0.1, 0.15) is 56.9 Å². The minimum absolute atomic E-state index is 0.409. The van der Waals surface area contributed by atoms with Crippen LogP contribution in [-0.4, -0.2) is 37.7 Å². The second kappa shape index (κ2) is 10.9. The van der Waals surface area contributed by atoms with Crippen LogP contribution in [0.25, 0.3) is 6.08 Å². The third kappa shape index (κ3) is 6.55. The number of benzene rings is 1. The van der Waals surface area contributed by atoms with Gasteiger partial charge in [0.05, 0.1) is 7.11 Å². The van der Waals surface area contributed by atoms with E-state index in [2.05, 4.69) is 16.8 Å². The number of nitrogens with one attached hydrogen (secondary N) is 1. The molecule has 1 amide bonds. The van der Waals surface area contributed by atoms with Crippen molar-refractivity contribution < 1.29 is 14.3 Å². The molecule has 2 fully saturated rings. The van der Waals surface area contributed by atoms with Crippen molar-refractivity contribution in [3.63, 3.8) is 0 Å². The molecule has 0 spiro atoms. The van der Waals surface area contributed by atoms with Crippen molar-refractivity contribution in [1.82, 2.24) is 10.2 Å². The Labute approximate surface area is 174 Å². The van der Waals surface area contributed by atoms with Crippen LogP contribution in [0, 0.1) is 5.92 Å². The van der Waals surface area contributed by atoms with Crippen molar-refractivity contribution in [3.05, 3.63) is 42.1 Å². The Morgan fingerprint density at radius 3 is 2.62 bits per heavy atom. The van der Waals surface area contributed by atoms with Crippen molar-refractivity contribution in [2.45, 2.75) is 51.4 Å². The number of amides is 1. The zero-order valence-electron chi connectivity index (χ0n) is 17.6. The molecule has 1 aliphatic carbocycles. The van der Waals surface area contributed by atoms with Crippen LogP contribution in [0.4, 0.5) is 4.79 Å². The zero-order chi connectivity index (χ0) is 20.5. The molecule has 1 aliphatic heterocycles. The quantitative estimate of drug-likeness (QED) is 0.627. The van der Waals surface area contributed by atoms with Gasteiger partial charge in [0.1, 0.15) is 11.5 Å². The van der Waals surface area contributed by atoms with Crippen molar-refractivity contribution in [1.29, 1.82) is 0 Å². The Balaban J connectivity index is 1.62. The first-order valence-electron chi connectivity index (χ1n) is 10.9. The number of carbonyl (C=O) groups excluding carboxylic acids is 1. The van der Waals surface area contributed by atoms with E-state index >= 15 is 0 Å². The molecule has 0 radical (unpaired) electrons. The van der Waals surface area contributed by atoms with Crippen LogP contribution < -0.4 is 14.8 Å². The first-order valence-corrected chi connectivity index (χ1v) is 10.9. The highest BCUT2D eigenvalue weighted by atomic mass is 16.6. The van der Waals surface area contributed by atoms with Gasteiger partial charge in [-0.05, 0) is 62.3 Å². The summed E-state index contributed by atoms with van der Waals surface area (Å²) in [5.41, 5.74) is 1.82. The first kappa shape index (κ1) is 21.3. The van der Waals surface area contributed by atoms with Gasteiger partial charge < -0.3 is 19.7 Å². The van der Waals surface area contributed by atoms with Gasteiger partial charge in [0.25, 0.3) is 0 Å². The number of hydrogen-bond acceptors (Lipinski definition) is 4. The smallest absolute Gasteiger partial charge is 0.412 e. The number of allylic oxidation sites excluding steroid dienone is 1. The lowest BCUT2D eigenvalue weighted by molar-refractivity contribution is 0.196. The third-order valence-electron chi connectivity index (χ3n) is 5.90. The average Bonchev–Trinajstić information content (AvgIpc) is 2.78. The Bertz CT molecular complexity index is 717. The maximum absolute atomic E-state index is 12.4. The highest BCUT2D eigenvalue weighted by Gasteiger charge is 2.16. The molecule has 0 bridgehead atoms. The SMILES string of the molecule is C=C(/C=C/c1ccc(OC)cc1OC(=O)NCC1CCCCC1)N1CCCCC1. The maximum Gasteiger partial charge on any atom is 0.412 e. The maximum atomic E-state index is 12.4. The molecule has 5 heteroatoms. The summed E-state index contributed by atoms with van der Waals surface area (Å²) in [6.45, 7) is 6.98. The molecule has 1 heterocycles. The van der Waals surface area contributed by atoms with Crippen LogP contribution in [0.2, 0.25) is 0 Å². The number of nitrogens with zero attached hydrogens (tertiary/aromatic N) is 1. The molecule has 158 valence electrons. The number of rotatable bonds is 7. The van der Waals surface area contributed by atoms with Gasteiger partial charge in [-0.3, -0.25) is 0 Å². The summed E-state index contributed by atoms with van der Waals surface area (Å²) >= 11 is 0. The van der Waals surface area contributed by atoms with Gasteiger partial charge in [0, 0.05) is 37.0 Å². The molecule has 1 N–H and O–H groups in total. The van der Waals surface area contributed by atoms with Gasteiger partial charge in [0.2, 0.25) is 0 Å². The zero-order valence-corrected chi connectivity index (χ0v) is 17.6. The fourth-order valence-corrected chi connectivity index (χ4v) is 4.10. The molecule has 5 nitrogen and oxygen atoms in total. The lowest BCUT2D eigenvalue weighted by Crippen LogP contribution is -2.32. The van der Waals surface area contributed by atoms with E-state index in [0.29, 0.717) is 24.0 Å².